The molecule has 2 N–H and O–H groups in total. The second-order valence-corrected chi connectivity index (χ2v) is 9.51. The highest BCUT2D eigenvalue weighted by molar-refractivity contribution is 7.92. The van der Waals surface area contributed by atoms with Crippen molar-refractivity contribution < 1.29 is 17.9 Å². The fourth-order valence-corrected chi connectivity index (χ4v) is 4.11. The highest BCUT2D eigenvalue weighted by Crippen LogP contribution is 2.24. The minimum atomic E-state index is -3.14. The van der Waals surface area contributed by atoms with Crippen molar-refractivity contribution in [1.82, 2.24) is 10.2 Å². The molecule has 1 aliphatic rings. The first-order valence-corrected chi connectivity index (χ1v) is 10.0. The molecule has 1 aliphatic heterocycles. The average Bonchev–Trinajstić information content (AvgIpc) is 2.54. The first kappa shape index (κ1) is 19.7. The summed E-state index contributed by atoms with van der Waals surface area (Å²) in [5.41, 5.74) is 0.459. The van der Waals surface area contributed by atoms with Gasteiger partial charge in [0.05, 0.1) is 23.1 Å². The number of nitrogens with one attached hydrogen (secondary N) is 1. The summed E-state index contributed by atoms with van der Waals surface area (Å²) < 4.78 is 36.7. The van der Waals surface area contributed by atoms with Crippen LogP contribution in [0.25, 0.3) is 0 Å². The van der Waals surface area contributed by atoms with Crippen molar-refractivity contribution in [2.45, 2.75) is 31.6 Å². The summed E-state index contributed by atoms with van der Waals surface area (Å²) in [6.45, 7) is 6.71. The maximum atomic E-state index is 13.3. The zero-order valence-electron chi connectivity index (χ0n) is 14.9. The van der Waals surface area contributed by atoms with Crippen molar-refractivity contribution in [1.29, 1.82) is 0 Å². The second kappa shape index (κ2) is 7.70. The summed E-state index contributed by atoms with van der Waals surface area (Å²) in [6, 6.07) is 5.79. The third-order valence-electron chi connectivity index (χ3n) is 4.33. The van der Waals surface area contributed by atoms with Crippen molar-refractivity contribution in [3.8, 4) is 0 Å². The molecule has 1 unspecified atom stereocenters. The topological polar surface area (TPSA) is 82.0 Å². The van der Waals surface area contributed by atoms with E-state index in [0.717, 1.165) is 0 Å². The van der Waals surface area contributed by atoms with Gasteiger partial charge in [0.15, 0.2) is 15.8 Å². The van der Waals surface area contributed by atoms with Gasteiger partial charge in [0.2, 0.25) is 0 Å². The van der Waals surface area contributed by atoms with Gasteiger partial charge in [0.25, 0.3) is 0 Å². The van der Waals surface area contributed by atoms with Crippen molar-refractivity contribution in [2.24, 2.45) is 4.99 Å². The molecule has 1 fully saturated rings. The van der Waals surface area contributed by atoms with Gasteiger partial charge >= 0.3 is 0 Å². The fourth-order valence-electron chi connectivity index (χ4n) is 2.74. The van der Waals surface area contributed by atoms with Crippen LogP contribution in [0, 0.1) is 5.82 Å². The first-order chi connectivity index (χ1) is 11.7. The van der Waals surface area contributed by atoms with Gasteiger partial charge in [-0.05, 0) is 38.5 Å². The lowest BCUT2D eigenvalue weighted by molar-refractivity contribution is 0.186. The van der Waals surface area contributed by atoms with Crippen molar-refractivity contribution in [3.05, 3.63) is 35.6 Å². The molecule has 0 radical (unpaired) electrons. The van der Waals surface area contributed by atoms with Crippen LogP contribution in [0.15, 0.2) is 29.3 Å². The number of sulfone groups is 1. The number of rotatable bonds is 4. The van der Waals surface area contributed by atoms with Crippen molar-refractivity contribution >= 4 is 15.8 Å². The normalized spacial score (nSPS) is 21.0. The highest BCUT2D eigenvalue weighted by atomic mass is 32.2. The van der Waals surface area contributed by atoms with Crippen LogP contribution in [0.2, 0.25) is 0 Å². The number of nitrogens with zero attached hydrogens (tertiary/aromatic N) is 2. The molecule has 0 amide bonds. The van der Waals surface area contributed by atoms with Crippen LogP contribution < -0.4 is 5.32 Å². The molecule has 1 saturated heterocycles. The summed E-state index contributed by atoms with van der Waals surface area (Å²) in [5, 5.41) is 13.4. The van der Waals surface area contributed by atoms with Gasteiger partial charge in [-0.25, -0.2) is 12.8 Å². The molecule has 6 nitrogen and oxygen atoms in total. The van der Waals surface area contributed by atoms with Gasteiger partial charge in [0.1, 0.15) is 5.82 Å². The van der Waals surface area contributed by atoms with E-state index in [1.807, 2.05) is 11.8 Å². The number of aliphatic imine (C=N–C) groups is 1. The Morgan fingerprint density at radius 3 is 2.80 bits per heavy atom. The van der Waals surface area contributed by atoms with E-state index in [-0.39, 0.29) is 12.3 Å². The summed E-state index contributed by atoms with van der Waals surface area (Å²) in [5.74, 6) is 0.216. The minimum absolute atomic E-state index is 0.0649. The van der Waals surface area contributed by atoms with E-state index in [1.165, 1.54) is 12.1 Å². The number of aliphatic hydroxyl groups excluding tert-OH is 1. The lowest BCUT2D eigenvalue weighted by Crippen LogP contribution is -2.57. The maximum Gasteiger partial charge on any atom is 0.194 e. The molecule has 8 heteroatoms. The van der Waals surface area contributed by atoms with Crippen LogP contribution in [0.3, 0.4) is 0 Å². The van der Waals surface area contributed by atoms with Gasteiger partial charge < -0.3 is 15.3 Å². The highest BCUT2D eigenvalue weighted by Gasteiger charge is 2.40. The van der Waals surface area contributed by atoms with Gasteiger partial charge in [-0.1, -0.05) is 12.1 Å². The predicted molar refractivity (Wildman–Crippen MR) is 96.8 cm³/mol. The van der Waals surface area contributed by atoms with Crippen LogP contribution >= 0.6 is 0 Å². The summed E-state index contributed by atoms with van der Waals surface area (Å²) in [7, 11) is -3.14. The molecule has 0 spiro atoms. The van der Waals surface area contributed by atoms with Crippen LogP contribution in [0.4, 0.5) is 4.39 Å². The van der Waals surface area contributed by atoms with Gasteiger partial charge in [0, 0.05) is 19.6 Å². The maximum absolute atomic E-state index is 13.3. The number of guanidine groups is 1. The van der Waals surface area contributed by atoms with Gasteiger partial charge in [-0.2, -0.15) is 0 Å². The molecule has 2 rings (SSSR count). The molecular formula is C17H26FN3O3S. The monoisotopic (exact) mass is 371 g/mol. The molecule has 140 valence electrons. The molecule has 0 saturated carbocycles. The van der Waals surface area contributed by atoms with Gasteiger partial charge in [-0.3, -0.25) is 4.99 Å². The van der Waals surface area contributed by atoms with Crippen LogP contribution in [-0.2, 0) is 9.84 Å². The zero-order valence-corrected chi connectivity index (χ0v) is 15.7. The third-order valence-corrected chi connectivity index (χ3v) is 6.86. The number of benzene rings is 1. The molecular weight excluding hydrogens is 345 g/mol. The Hall–Kier alpha value is -1.67. The standard InChI is InChI=1S/C17H26FN3O3S/c1-4-19-16(21-8-9-25(23,24)17(2,3)12-21)20-11-15(22)13-6-5-7-14(18)10-13/h5-7,10,15,22H,4,8-9,11-12H2,1-3H3,(H,19,20). The Balaban J connectivity index is 2.13. The smallest absolute Gasteiger partial charge is 0.194 e. The molecule has 1 aromatic carbocycles. The average molecular weight is 371 g/mol. The van der Waals surface area contributed by atoms with Crippen molar-refractivity contribution in [3.63, 3.8) is 0 Å². The second-order valence-electron chi connectivity index (χ2n) is 6.77. The summed E-state index contributed by atoms with van der Waals surface area (Å²) in [6.07, 6.45) is -0.925. The SMILES string of the molecule is CCNC(=NCC(O)c1cccc(F)c1)N1CCS(=O)(=O)C(C)(C)C1. The number of aliphatic hydroxyl groups is 1. The van der Waals surface area contributed by atoms with Crippen LogP contribution in [0.1, 0.15) is 32.4 Å². The third kappa shape index (κ3) is 4.70. The largest absolute Gasteiger partial charge is 0.386 e. The summed E-state index contributed by atoms with van der Waals surface area (Å²) in [4.78, 5) is 6.31. The zero-order chi connectivity index (χ0) is 18.7. The van der Waals surface area contributed by atoms with E-state index in [1.54, 1.807) is 26.0 Å². The van der Waals surface area contributed by atoms with Crippen LogP contribution in [-0.4, -0.2) is 61.1 Å². The Labute approximate surface area is 148 Å². The van der Waals surface area contributed by atoms with E-state index < -0.39 is 26.5 Å². The van der Waals surface area contributed by atoms with E-state index in [2.05, 4.69) is 10.3 Å². The van der Waals surface area contributed by atoms with E-state index in [9.17, 15) is 17.9 Å². The Morgan fingerprint density at radius 1 is 1.48 bits per heavy atom. The molecule has 1 aromatic rings. The molecule has 1 atom stereocenters. The Morgan fingerprint density at radius 2 is 2.20 bits per heavy atom. The van der Waals surface area contributed by atoms with E-state index in [0.29, 0.717) is 31.2 Å². The minimum Gasteiger partial charge on any atom is -0.386 e. The molecule has 25 heavy (non-hydrogen) atoms. The first-order valence-electron chi connectivity index (χ1n) is 8.35. The Bertz CT molecular complexity index is 734. The molecule has 1 heterocycles. The number of hydrogen-bond acceptors (Lipinski definition) is 4. The molecule has 0 bridgehead atoms. The van der Waals surface area contributed by atoms with E-state index >= 15 is 0 Å². The fraction of sp³-hybridized carbons (Fsp3) is 0.588. The Kier molecular flexibility index (Phi) is 6.05. The van der Waals surface area contributed by atoms with Crippen LogP contribution in [0.5, 0.6) is 0 Å². The van der Waals surface area contributed by atoms with Gasteiger partial charge in [-0.15, -0.1) is 0 Å². The van der Waals surface area contributed by atoms with E-state index in [4.69, 9.17) is 0 Å². The molecule has 0 aromatic heterocycles. The number of hydrogen-bond donors (Lipinski definition) is 2. The predicted octanol–water partition coefficient (Wildman–Crippen LogP) is 1.33. The lowest BCUT2D eigenvalue weighted by Gasteiger charge is -2.39. The van der Waals surface area contributed by atoms with Crippen molar-refractivity contribution in [2.75, 3.05) is 31.9 Å². The molecule has 0 aliphatic carbocycles. The summed E-state index contributed by atoms with van der Waals surface area (Å²) >= 11 is 0. The number of halogens is 1. The lowest BCUT2D eigenvalue weighted by atomic mass is 10.1. The quantitative estimate of drug-likeness (QED) is 0.616.